The molecule has 1 unspecified atom stereocenters. The van der Waals surface area contributed by atoms with Crippen LogP contribution in [0.25, 0.3) is 5.69 Å². The molecule has 0 aliphatic heterocycles. The smallest absolute Gasteiger partial charge is 0.241 e. The van der Waals surface area contributed by atoms with Crippen LogP contribution in [-0.2, 0) is 10.0 Å². The molecule has 25 heavy (non-hydrogen) atoms. The zero-order valence-corrected chi connectivity index (χ0v) is 14.9. The Morgan fingerprint density at radius 1 is 0.960 bits per heavy atom. The van der Waals surface area contributed by atoms with E-state index in [9.17, 15) is 8.42 Å². The van der Waals surface area contributed by atoms with Gasteiger partial charge in [-0.3, -0.25) is 0 Å². The van der Waals surface area contributed by atoms with Crippen molar-refractivity contribution in [3.05, 3.63) is 78.6 Å². The molecule has 1 heterocycles. The number of nitrogens with zero attached hydrogens (tertiary/aromatic N) is 1. The van der Waals surface area contributed by atoms with Crippen molar-refractivity contribution in [2.75, 3.05) is 7.11 Å². The standard InChI is InChI=1S/C19H20N2O3S/c1-15(16-5-7-17(8-6-16)21-13-3-4-14-21)20-25(22,23)19-11-9-18(24-2)10-12-19/h3-15,20H,1-2H3. The number of rotatable bonds is 6. The van der Waals surface area contributed by atoms with Crippen LogP contribution in [0.3, 0.4) is 0 Å². The summed E-state index contributed by atoms with van der Waals surface area (Å²) >= 11 is 0. The van der Waals surface area contributed by atoms with Gasteiger partial charge in [0.25, 0.3) is 0 Å². The highest BCUT2D eigenvalue weighted by Crippen LogP contribution is 2.20. The molecule has 1 N–H and O–H groups in total. The van der Waals surface area contributed by atoms with E-state index < -0.39 is 10.0 Å². The molecular formula is C19H20N2O3S. The minimum atomic E-state index is -3.60. The van der Waals surface area contributed by atoms with E-state index in [4.69, 9.17) is 4.74 Å². The predicted molar refractivity (Wildman–Crippen MR) is 97.5 cm³/mol. The molecule has 0 amide bonds. The summed E-state index contributed by atoms with van der Waals surface area (Å²) in [6, 6.07) is 17.7. The van der Waals surface area contributed by atoms with E-state index in [1.807, 2.05) is 60.3 Å². The second-order valence-electron chi connectivity index (χ2n) is 5.70. The first-order valence-electron chi connectivity index (χ1n) is 7.89. The Hall–Kier alpha value is -2.57. The van der Waals surface area contributed by atoms with Gasteiger partial charge in [0.1, 0.15) is 5.75 Å². The van der Waals surface area contributed by atoms with E-state index in [2.05, 4.69) is 4.72 Å². The van der Waals surface area contributed by atoms with Crippen LogP contribution < -0.4 is 9.46 Å². The van der Waals surface area contributed by atoms with Gasteiger partial charge in [-0.1, -0.05) is 12.1 Å². The molecule has 0 radical (unpaired) electrons. The van der Waals surface area contributed by atoms with Gasteiger partial charge in [0.05, 0.1) is 12.0 Å². The van der Waals surface area contributed by atoms with Crippen molar-refractivity contribution >= 4 is 10.0 Å². The van der Waals surface area contributed by atoms with E-state index in [0.717, 1.165) is 11.3 Å². The number of methoxy groups -OCH3 is 1. The third-order valence-corrected chi connectivity index (χ3v) is 5.55. The van der Waals surface area contributed by atoms with Crippen LogP contribution >= 0.6 is 0 Å². The predicted octanol–water partition coefficient (Wildman–Crippen LogP) is 3.53. The van der Waals surface area contributed by atoms with Crippen molar-refractivity contribution < 1.29 is 13.2 Å². The van der Waals surface area contributed by atoms with Crippen molar-refractivity contribution in [3.8, 4) is 11.4 Å². The molecule has 0 bridgehead atoms. The number of sulfonamides is 1. The summed E-state index contributed by atoms with van der Waals surface area (Å²) in [6.45, 7) is 1.83. The van der Waals surface area contributed by atoms with Crippen LogP contribution in [0.15, 0.2) is 78.0 Å². The van der Waals surface area contributed by atoms with Crippen LogP contribution in [0.2, 0.25) is 0 Å². The molecule has 6 heteroatoms. The van der Waals surface area contributed by atoms with Crippen LogP contribution in [0.5, 0.6) is 5.75 Å². The van der Waals surface area contributed by atoms with Gasteiger partial charge in [-0.25, -0.2) is 13.1 Å². The lowest BCUT2D eigenvalue weighted by Crippen LogP contribution is -2.26. The fraction of sp³-hybridized carbons (Fsp3) is 0.158. The average molecular weight is 356 g/mol. The first kappa shape index (κ1) is 17.3. The first-order valence-corrected chi connectivity index (χ1v) is 9.37. The van der Waals surface area contributed by atoms with Crippen LogP contribution in [0.4, 0.5) is 0 Å². The van der Waals surface area contributed by atoms with Gasteiger partial charge in [-0.15, -0.1) is 0 Å². The molecular weight excluding hydrogens is 336 g/mol. The lowest BCUT2D eigenvalue weighted by atomic mass is 10.1. The highest BCUT2D eigenvalue weighted by Gasteiger charge is 2.18. The quantitative estimate of drug-likeness (QED) is 0.735. The first-order chi connectivity index (χ1) is 12.0. The highest BCUT2D eigenvalue weighted by atomic mass is 32.2. The summed E-state index contributed by atoms with van der Waals surface area (Å²) in [7, 11) is -2.05. The Kier molecular flexibility index (Phi) is 4.92. The number of ether oxygens (including phenoxy) is 1. The fourth-order valence-electron chi connectivity index (χ4n) is 2.57. The van der Waals surface area contributed by atoms with Crippen molar-refractivity contribution in [3.63, 3.8) is 0 Å². The summed E-state index contributed by atoms with van der Waals surface area (Å²) in [6.07, 6.45) is 3.93. The number of nitrogens with one attached hydrogen (secondary N) is 1. The van der Waals surface area contributed by atoms with E-state index >= 15 is 0 Å². The van der Waals surface area contributed by atoms with Crippen molar-refractivity contribution in [1.82, 2.24) is 9.29 Å². The SMILES string of the molecule is COc1ccc(S(=O)(=O)NC(C)c2ccc(-n3cccc3)cc2)cc1. The van der Waals surface area contributed by atoms with Crippen molar-refractivity contribution in [1.29, 1.82) is 0 Å². The summed E-state index contributed by atoms with van der Waals surface area (Å²) < 4.78 is 34.8. The Morgan fingerprint density at radius 2 is 1.56 bits per heavy atom. The molecule has 130 valence electrons. The van der Waals surface area contributed by atoms with E-state index in [-0.39, 0.29) is 10.9 Å². The lowest BCUT2D eigenvalue weighted by Gasteiger charge is -2.15. The van der Waals surface area contributed by atoms with E-state index in [1.165, 1.54) is 12.1 Å². The molecule has 3 aromatic rings. The average Bonchev–Trinajstić information content (AvgIpc) is 3.16. The zero-order valence-electron chi connectivity index (χ0n) is 14.1. The minimum Gasteiger partial charge on any atom is -0.497 e. The largest absolute Gasteiger partial charge is 0.497 e. The van der Waals surface area contributed by atoms with E-state index in [0.29, 0.717) is 5.75 Å². The third kappa shape index (κ3) is 3.92. The molecule has 0 aliphatic rings. The maximum absolute atomic E-state index is 12.5. The van der Waals surface area contributed by atoms with Gasteiger partial charge in [0.15, 0.2) is 0 Å². The Morgan fingerprint density at radius 3 is 2.12 bits per heavy atom. The molecule has 0 spiro atoms. The molecule has 3 rings (SSSR count). The number of hydrogen-bond acceptors (Lipinski definition) is 3. The van der Waals surface area contributed by atoms with Gasteiger partial charge in [0.2, 0.25) is 10.0 Å². The molecule has 1 aromatic heterocycles. The molecule has 5 nitrogen and oxygen atoms in total. The Labute approximate surface area is 147 Å². The summed E-state index contributed by atoms with van der Waals surface area (Å²) in [4.78, 5) is 0.212. The van der Waals surface area contributed by atoms with Crippen molar-refractivity contribution in [2.45, 2.75) is 17.9 Å². The molecule has 0 aliphatic carbocycles. The topological polar surface area (TPSA) is 60.3 Å². The van der Waals surface area contributed by atoms with Crippen molar-refractivity contribution in [2.24, 2.45) is 0 Å². The highest BCUT2D eigenvalue weighted by molar-refractivity contribution is 7.89. The maximum Gasteiger partial charge on any atom is 0.241 e. The minimum absolute atomic E-state index is 0.212. The van der Waals surface area contributed by atoms with Gasteiger partial charge >= 0.3 is 0 Å². The number of aromatic nitrogens is 1. The fourth-order valence-corrected chi connectivity index (χ4v) is 3.80. The Balaban J connectivity index is 1.75. The van der Waals surface area contributed by atoms with Gasteiger partial charge in [0, 0.05) is 24.1 Å². The van der Waals surface area contributed by atoms with E-state index in [1.54, 1.807) is 19.2 Å². The monoisotopic (exact) mass is 356 g/mol. The number of hydrogen-bond donors (Lipinski definition) is 1. The maximum atomic E-state index is 12.5. The van der Waals surface area contributed by atoms with Crippen LogP contribution in [-0.4, -0.2) is 20.1 Å². The van der Waals surface area contributed by atoms with Gasteiger partial charge in [-0.2, -0.15) is 0 Å². The summed E-state index contributed by atoms with van der Waals surface area (Å²) in [5.41, 5.74) is 1.92. The van der Waals surface area contributed by atoms with Crippen LogP contribution in [0.1, 0.15) is 18.5 Å². The normalized spacial score (nSPS) is 12.7. The second kappa shape index (κ2) is 7.13. The summed E-state index contributed by atoms with van der Waals surface area (Å²) in [5, 5.41) is 0. The second-order valence-corrected chi connectivity index (χ2v) is 7.41. The van der Waals surface area contributed by atoms with Crippen LogP contribution in [0, 0.1) is 0 Å². The third-order valence-electron chi connectivity index (χ3n) is 4.00. The van der Waals surface area contributed by atoms with Gasteiger partial charge < -0.3 is 9.30 Å². The molecule has 0 saturated heterocycles. The molecule has 0 saturated carbocycles. The lowest BCUT2D eigenvalue weighted by molar-refractivity contribution is 0.414. The summed E-state index contributed by atoms with van der Waals surface area (Å²) in [5.74, 6) is 0.618. The molecule has 0 fully saturated rings. The zero-order chi connectivity index (χ0) is 17.9. The van der Waals surface area contributed by atoms with Gasteiger partial charge in [-0.05, 0) is 61.0 Å². The molecule has 2 aromatic carbocycles. The number of benzene rings is 2. The Bertz CT molecular complexity index is 916. The molecule has 1 atom stereocenters.